The van der Waals surface area contributed by atoms with E-state index in [4.69, 9.17) is 5.73 Å². The summed E-state index contributed by atoms with van der Waals surface area (Å²) < 4.78 is 1.80. The molecule has 0 radical (unpaired) electrons. The number of aromatic nitrogens is 3. The normalized spacial score (nSPS) is 13.2. The minimum Gasteiger partial charge on any atom is -0.370 e. The average molecular weight is 375 g/mol. The van der Waals surface area contributed by atoms with Crippen molar-refractivity contribution in [3.05, 3.63) is 41.7 Å². The van der Waals surface area contributed by atoms with E-state index in [1.807, 2.05) is 32.2 Å². The number of hydrogen-bond donors (Lipinski definition) is 2. The average Bonchev–Trinajstić information content (AvgIpc) is 2.98. The van der Waals surface area contributed by atoms with Crippen LogP contribution in [0.1, 0.15) is 37.6 Å². The van der Waals surface area contributed by atoms with Crippen molar-refractivity contribution in [2.75, 3.05) is 6.54 Å². The van der Waals surface area contributed by atoms with Crippen molar-refractivity contribution in [1.82, 2.24) is 20.1 Å². The van der Waals surface area contributed by atoms with Gasteiger partial charge in [-0.2, -0.15) is 0 Å². The molecule has 2 atom stereocenters. The number of nitrogens with zero attached hydrogens (tertiary/aromatic N) is 3. The van der Waals surface area contributed by atoms with Crippen molar-refractivity contribution in [3.8, 4) is 0 Å². The van der Waals surface area contributed by atoms with Crippen LogP contribution in [0.2, 0.25) is 0 Å². The summed E-state index contributed by atoms with van der Waals surface area (Å²) in [5.74, 6) is 0.506. The molecule has 0 saturated heterocycles. The molecule has 8 heteroatoms. The van der Waals surface area contributed by atoms with Gasteiger partial charge in [-0.05, 0) is 18.4 Å². The first-order valence-corrected chi connectivity index (χ1v) is 9.42. The smallest absolute Gasteiger partial charge is 0.233 e. The number of nitrogens with one attached hydrogen (secondary N) is 1. The number of thioether (sulfide) groups is 1. The van der Waals surface area contributed by atoms with Gasteiger partial charge in [0.1, 0.15) is 5.82 Å². The number of carbonyl (C=O) groups is 2. The zero-order valence-corrected chi connectivity index (χ0v) is 16.1. The molecule has 3 N–H and O–H groups in total. The third-order valence-electron chi connectivity index (χ3n) is 4.12. The van der Waals surface area contributed by atoms with Crippen LogP contribution in [0.15, 0.2) is 35.5 Å². The first kappa shape index (κ1) is 20.0. The summed E-state index contributed by atoms with van der Waals surface area (Å²) in [7, 11) is 1.82. The summed E-state index contributed by atoms with van der Waals surface area (Å²) in [4.78, 5) is 23.3. The maximum atomic E-state index is 12.4. The second-order valence-electron chi connectivity index (χ2n) is 6.24. The second kappa shape index (κ2) is 9.38. The molecule has 0 unspecified atom stereocenters. The first-order valence-electron chi connectivity index (χ1n) is 8.54. The molecular formula is C18H25N5O2S. The molecule has 0 aliphatic heterocycles. The van der Waals surface area contributed by atoms with Crippen molar-refractivity contribution >= 4 is 23.6 Å². The Morgan fingerprint density at radius 2 is 1.92 bits per heavy atom. The van der Waals surface area contributed by atoms with Crippen molar-refractivity contribution in [2.24, 2.45) is 12.8 Å². The molecule has 0 aliphatic carbocycles. The highest BCUT2D eigenvalue weighted by Crippen LogP contribution is 2.22. The molecule has 140 valence electrons. The van der Waals surface area contributed by atoms with Gasteiger partial charge >= 0.3 is 0 Å². The van der Waals surface area contributed by atoms with E-state index in [2.05, 4.69) is 34.6 Å². The summed E-state index contributed by atoms with van der Waals surface area (Å²) in [5.41, 5.74) is 6.36. The Balaban J connectivity index is 1.86. The molecule has 2 rings (SSSR count). The van der Waals surface area contributed by atoms with E-state index in [0.29, 0.717) is 23.9 Å². The van der Waals surface area contributed by atoms with E-state index in [1.165, 1.54) is 17.3 Å². The van der Waals surface area contributed by atoms with E-state index in [9.17, 15) is 9.59 Å². The zero-order chi connectivity index (χ0) is 19.1. The lowest BCUT2D eigenvalue weighted by Gasteiger charge is -2.15. The van der Waals surface area contributed by atoms with Crippen molar-refractivity contribution in [2.45, 2.75) is 43.0 Å². The third-order valence-corrected chi connectivity index (χ3v) is 5.26. The number of carbonyl (C=O) groups excluding carboxylic acids is 2. The summed E-state index contributed by atoms with van der Waals surface area (Å²) in [6.45, 7) is 4.50. The van der Waals surface area contributed by atoms with Gasteiger partial charge in [0.2, 0.25) is 11.8 Å². The summed E-state index contributed by atoms with van der Waals surface area (Å²) in [6.07, 6.45) is 0.665. The standard InChI is InChI=1S/C18H25N5O2S/c1-12(14-7-5-4-6-8-14)11-20-17(25)13(2)26-18-22-21-16(23(18)3)10-9-15(19)24/h4-8,12-13H,9-11H2,1-3H3,(H2,19,24)(H,20,25)/t12-,13-/m0/s1. The number of hydrogen-bond acceptors (Lipinski definition) is 5. The second-order valence-corrected chi connectivity index (χ2v) is 7.55. The minimum absolute atomic E-state index is 0.0422. The zero-order valence-electron chi connectivity index (χ0n) is 15.3. The molecule has 0 aliphatic rings. The van der Waals surface area contributed by atoms with E-state index < -0.39 is 0 Å². The fourth-order valence-corrected chi connectivity index (χ4v) is 3.27. The van der Waals surface area contributed by atoms with Crippen molar-refractivity contribution < 1.29 is 9.59 Å². The van der Waals surface area contributed by atoms with Gasteiger partial charge in [0.25, 0.3) is 0 Å². The molecule has 1 heterocycles. The van der Waals surface area contributed by atoms with Crippen LogP contribution in [-0.2, 0) is 23.1 Å². The molecule has 2 amide bonds. The Morgan fingerprint density at radius 1 is 1.23 bits per heavy atom. The Bertz CT molecular complexity index is 747. The molecule has 0 saturated carbocycles. The van der Waals surface area contributed by atoms with E-state index >= 15 is 0 Å². The van der Waals surface area contributed by atoms with Gasteiger partial charge in [-0.25, -0.2) is 0 Å². The molecule has 1 aromatic heterocycles. The van der Waals surface area contributed by atoms with Gasteiger partial charge in [-0.15, -0.1) is 10.2 Å². The van der Waals surface area contributed by atoms with Crippen LogP contribution in [0.5, 0.6) is 0 Å². The largest absolute Gasteiger partial charge is 0.370 e. The van der Waals surface area contributed by atoms with Crippen LogP contribution in [0.4, 0.5) is 0 Å². The Morgan fingerprint density at radius 3 is 2.58 bits per heavy atom. The van der Waals surface area contributed by atoms with E-state index in [-0.39, 0.29) is 29.4 Å². The highest BCUT2D eigenvalue weighted by molar-refractivity contribution is 8.00. The highest BCUT2D eigenvalue weighted by atomic mass is 32.2. The lowest BCUT2D eigenvalue weighted by molar-refractivity contribution is -0.120. The lowest BCUT2D eigenvalue weighted by Crippen LogP contribution is -2.33. The number of benzene rings is 1. The maximum Gasteiger partial charge on any atom is 0.233 e. The van der Waals surface area contributed by atoms with Crippen LogP contribution in [0.25, 0.3) is 0 Å². The number of nitrogens with two attached hydrogens (primary N) is 1. The fraction of sp³-hybridized carbons (Fsp3) is 0.444. The quantitative estimate of drug-likeness (QED) is 0.649. The SMILES string of the molecule is C[C@H](Sc1nnc(CCC(N)=O)n1C)C(=O)NC[C@H](C)c1ccccc1. The molecule has 1 aromatic carbocycles. The lowest BCUT2D eigenvalue weighted by atomic mass is 10.0. The van der Waals surface area contributed by atoms with Gasteiger partial charge in [0, 0.05) is 26.4 Å². The number of aryl methyl sites for hydroxylation is 1. The molecule has 0 fully saturated rings. The van der Waals surface area contributed by atoms with Crippen LogP contribution < -0.4 is 11.1 Å². The Kier molecular flexibility index (Phi) is 7.20. The van der Waals surface area contributed by atoms with Crippen molar-refractivity contribution in [1.29, 1.82) is 0 Å². The highest BCUT2D eigenvalue weighted by Gasteiger charge is 2.19. The van der Waals surface area contributed by atoms with Crippen LogP contribution in [-0.4, -0.2) is 38.4 Å². The monoisotopic (exact) mass is 375 g/mol. The van der Waals surface area contributed by atoms with Crippen molar-refractivity contribution in [3.63, 3.8) is 0 Å². The predicted molar refractivity (Wildman–Crippen MR) is 102 cm³/mol. The van der Waals surface area contributed by atoms with Gasteiger partial charge < -0.3 is 15.6 Å². The predicted octanol–water partition coefficient (Wildman–Crippen LogP) is 1.63. The van der Waals surface area contributed by atoms with E-state index in [0.717, 1.165) is 0 Å². The van der Waals surface area contributed by atoms with Gasteiger partial charge in [0.15, 0.2) is 5.16 Å². The Labute approximate surface area is 157 Å². The molecule has 0 spiro atoms. The molecule has 7 nitrogen and oxygen atoms in total. The topological polar surface area (TPSA) is 103 Å². The van der Waals surface area contributed by atoms with Gasteiger partial charge in [0.05, 0.1) is 5.25 Å². The summed E-state index contributed by atoms with van der Waals surface area (Å²) >= 11 is 1.34. The van der Waals surface area contributed by atoms with Crippen LogP contribution >= 0.6 is 11.8 Å². The summed E-state index contributed by atoms with van der Waals surface area (Å²) in [6, 6.07) is 10.1. The van der Waals surface area contributed by atoms with Crippen LogP contribution in [0.3, 0.4) is 0 Å². The fourth-order valence-electron chi connectivity index (χ4n) is 2.41. The number of amides is 2. The van der Waals surface area contributed by atoms with E-state index in [1.54, 1.807) is 4.57 Å². The van der Waals surface area contributed by atoms with Gasteiger partial charge in [-0.1, -0.05) is 49.0 Å². The molecule has 26 heavy (non-hydrogen) atoms. The number of rotatable bonds is 9. The van der Waals surface area contributed by atoms with Gasteiger partial charge in [-0.3, -0.25) is 9.59 Å². The molecule has 2 aromatic rings. The summed E-state index contributed by atoms with van der Waals surface area (Å²) in [5, 5.41) is 11.5. The first-order chi connectivity index (χ1) is 12.4. The molecular weight excluding hydrogens is 350 g/mol. The van der Waals surface area contributed by atoms with Crippen LogP contribution in [0, 0.1) is 0 Å². The maximum absolute atomic E-state index is 12.4. The minimum atomic E-state index is -0.373. The Hall–Kier alpha value is -2.35. The number of primary amides is 1. The molecule has 0 bridgehead atoms. The third kappa shape index (κ3) is 5.59.